The molecule has 0 spiro atoms. The molecule has 1 atom stereocenters. The van der Waals surface area contributed by atoms with Gasteiger partial charge in [-0.1, -0.05) is 0 Å². The number of nitro groups is 1. The number of nitrogens with one attached hydrogen (secondary N) is 1. The summed E-state index contributed by atoms with van der Waals surface area (Å²) in [4.78, 5) is 24.0. The van der Waals surface area contributed by atoms with Gasteiger partial charge in [-0.2, -0.15) is 0 Å². The molecule has 0 aromatic carbocycles. The first-order valence-electron chi connectivity index (χ1n) is 4.30. The average Bonchev–Trinajstić information content (AvgIpc) is 2.56. The van der Waals surface area contributed by atoms with Crippen molar-refractivity contribution in [3.05, 3.63) is 16.4 Å². The number of hydrogen-bond donors (Lipinski definition) is 3. The molecule has 88 valence electrons. The van der Waals surface area contributed by atoms with Crippen LogP contribution in [0, 0.1) is 10.1 Å². The summed E-state index contributed by atoms with van der Waals surface area (Å²) in [5.74, 6) is -1.18. The molecule has 1 aromatic rings. The number of amides is 1. The first-order valence-corrected chi connectivity index (χ1v) is 4.30. The highest BCUT2D eigenvalue weighted by Crippen LogP contribution is 2.20. The molecule has 1 amide bonds. The van der Waals surface area contributed by atoms with E-state index in [0.717, 1.165) is 0 Å². The fourth-order valence-electron chi connectivity index (χ4n) is 1.05. The van der Waals surface area contributed by atoms with E-state index in [1.165, 1.54) is 10.9 Å². The zero-order valence-electron chi connectivity index (χ0n) is 8.45. The normalized spacial score (nSPS) is 12.1. The number of rotatable bonds is 5. The van der Waals surface area contributed by atoms with Gasteiger partial charge < -0.3 is 26.3 Å². The number of aryl methyl sites for hydroxylation is 1. The van der Waals surface area contributed by atoms with Gasteiger partial charge in [0.25, 0.3) is 0 Å². The van der Waals surface area contributed by atoms with Gasteiger partial charge in [-0.15, -0.1) is 0 Å². The highest BCUT2D eigenvalue weighted by molar-refractivity contribution is 5.79. The average molecular weight is 229 g/mol. The third kappa shape index (κ3) is 2.45. The molecule has 0 saturated carbocycles. The molecule has 1 unspecified atom stereocenters. The van der Waals surface area contributed by atoms with E-state index in [9.17, 15) is 14.9 Å². The summed E-state index contributed by atoms with van der Waals surface area (Å²) in [6.45, 7) is -0.213. The SMILES string of the molecule is Cn1cnc([N+](=O)[O-])c1NCC(O)C(N)=O. The quantitative estimate of drug-likeness (QED) is 0.419. The minimum absolute atomic E-state index is 0.102. The van der Waals surface area contributed by atoms with Crippen molar-refractivity contribution in [1.82, 2.24) is 9.55 Å². The molecule has 0 bridgehead atoms. The van der Waals surface area contributed by atoms with Crippen LogP contribution in [0.1, 0.15) is 0 Å². The van der Waals surface area contributed by atoms with E-state index in [-0.39, 0.29) is 18.2 Å². The Kier molecular flexibility index (Phi) is 3.40. The maximum atomic E-state index is 10.5. The fourth-order valence-corrected chi connectivity index (χ4v) is 1.05. The van der Waals surface area contributed by atoms with Crippen LogP contribution in [0.25, 0.3) is 0 Å². The van der Waals surface area contributed by atoms with E-state index in [2.05, 4.69) is 10.3 Å². The van der Waals surface area contributed by atoms with Gasteiger partial charge in [-0.3, -0.25) is 9.36 Å². The van der Waals surface area contributed by atoms with Gasteiger partial charge in [0.15, 0.2) is 0 Å². The summed E-state index contributed by atoms with van der Waals surface area (Å²) >= 11 is 0. The minimum Gasteiger partial charge on any atom is -0.381 e. The molecule has 16 heavy (non-hydrogen) atoms. The van der Waals surface area contributed by atoms with Gasteiger partial charge in [0.1, 0.15) is 6.10 Å². The number of nitrogens with two attached hydrogens (primary N) is 1. The third-order valence-electron chi connectivity index (χ3n) is 1.88. The highest BCUT2D eigenvalue weighted by atomic mass is 16.6. The summed E-state index contributed by atoms with van der Waals surface area (Å²) in [6, 6.07) is 0. The van der Waals surface area contributed by atoms with E-state index in [1.54, 1.807) is 7.05 Å². The Balaban J connectivity index is 2.77. The molecule has 4 N–H and O–H groups in total. The predicted octanol–water partition coefficient (Wildman–Crippen LogP) is -1.41. The largest absolute Gasteiger partial charge is 0.406 e. The molecule has 0 radical (unpaired) electrons. The molecular formula is C7H11N5O4. The molecule has 1 heterocycles. The van der Waals surface area contributed by atoms with Gasteiger partial charge in [0.05, 0.1) is 6.54 Å². The third-order valence-corrected chi connectivity index (χ3v) is 1.88. The number of aliphatic hydroxyl groups excluding tert-OH is 1. The summed E-state index contributed by atoms with van der Waals surface area (Å²) < 4.78 is 1.37. The number of primary amides is 1. The number of imidazole rings is 1. The summed E-state index contributed by atoms with van der Waals surface area (Å²) in [6.07, 6.45) is -0.161. The summed E-state index contributed by atoms with van der Waals surface area (Å²) in [7, 11) is 1.54. The topological polar surface area (TPSA) is 136 Å². The molecule has 0 aliphatic heterocycles. The Morgan fingerprint density at radius 1 is 1.88 bits per heavy atom. The summed E-state index contributed by atoms with van der Waals surface area (Å²) in [5.41, 5.74) is 4.83. The van der Waals surface area contributed by atoms with E-state index in [0.29, 0.717) is 0 Å². The predicted molar refractivity (Wildman–Crippen MR) is 53.6 cm³/mol. The van der Waals surface area contributed by atoms with Crippen LogP contribution in [0.4, 0.5) is 11.6 Å². The second-order valence-corrected chi connectivity index (χ2v) is 3.08. The van der Waals surface area contributed by atoms with Crippen LogP contribution in [-0.2, 0) is 11.8 Å². The molecule has 0 fully saturated rings. The van der Waals surface area contributed by atoms with Crippen LogP contribution < -0.4 is 11.1 Å². The number of aromatic nitrogens is 2. The highest BCUT2D eigenvalue weighted by Gasteiger charge is 2.21. The molecule has 0 aliphatic rings. The number of carbonyl (C=O) groups is 1. The maximum absolute atomic E-state index is 10.5. The lowest BCUT2D eigenvalue weighted by atomic mass is 10.3. The Morgan fingerprint density at radius 3 is 3.00 bits per heavy atom. The maximum Gasteiger partial charge on any atom is 0.406 e. The zero-order chi connectivity index (χ0) is 12.3. The molecule has 1 rings (SSSR count). The fraction of sp³-hybridized carbons (Fsp3) is 0.429. The number of anilines is 1. The van der Waals surface area contributed by atoms with Crippen LogP contribution in [0.15, 0.2) is 6.33 Å². The number of nitrogens with zero attached hydrogens (tertiary/aromatic N) is 3. The van der Waals surface area contributed by atoms with Crippen molar-refractivity contribution in [2.24, 2.45) is 12.8 Å². The standard InChI is InChI=1S/C7H11N5O4/c1-11-3-10-7(12(15)16)6(11)9-2-4(13)5(8)14/h3-4,9,13H,2H2,1H3,(H2,8,14). The molecule has 9 nitrogen and oxygen atoms in total. The van der Waals surface area contributed by atoms with E-state index < -0.39 is 16.9 Å². The van der Waals surface area contributed by atoms with Crippen LogP contribution in [0.2, 0.25) is 0 Å². The molecule has 1 aromatic heterocycles. The van der Waals surface area contributed by atoms with Crippen molar-refractivity contribution >= 4 is 17.5 Å². The Morgan fingerprint density at radius 2 is 2.50 bits per heavy atom. The smallest absolute Gasteiger partial charge is 0.381 e. The Bertz CT molecular complexity index is 415. The summed E-state index contributed by atoms with van der Waals surface area (Å²) in [5, 5.41) is 22.2. The van der Waals surface area contributed by atoms with Crippen LogP contribution in [0.5, 0.6) is 0 Å². The van der Waals surface area contributed by atoms with Crippen molar-refractivity contribution in [2.45, 2.75) is 6.10 Å². The number of aliphatic hydroxyl groups is 1. The van der Waals surface area contributed by atoms with Crippen molar-refractivity contribution < 1.29 is 14.8 Å². The van der Waals surface area contributed by atoms with Crippen molar-refractivity contribution in [1.29, 1.82) is 0 Å². The number of carbonyl (C=O) groups excluding carboxylic acids is 1. The van der Waals surface area contributed by atoms with Crippen LogP contribution in [-0.4, -0.2) is 38.1 Å². The van der Waals surface area contributed by atoms with Crippen molar-refractivity contribution in [3.63, 3.8) is 0 Å². The number of hydrogen-bond acceptors (Lipinski definition) is 6. The lowest BCUT2D eigenvalue weighted by molar-refractivity contribution is -0.388. The van der Waals surface area contributed by atoms with Gasteiger partial charge >= 0.3 is 5.82 Å². The molecular weight excluding hydrogens is 218 g/mol. The molecule has 0 aliphatic carbocycles. The molecule has 0 saturated heterocycles. The Hall–Kier alpha value is -2.16. The lowest BCUT2D eigenvalue weighted by Gasteiger charge is -2.08. The second kappa shape index (κ2) is 4.57. The lowest BCUT2D eigenvalue weighted by Crippen LogP contribution is -2.34. The van der Waals surface area contributed by atoms with Gasteiger partial charge in [-0.05, 0) is 9.91 Å². The van der Waals surface area contributed by atoms with E-state index in [4.69, 9.17) is 10.8 Å². The van der Waals surface area contributed by atoms with Crippen LogP contribution >= 0.6 is 0 Å². The molecule has 9 heteroatoms. The van der Waals surface area contributed by atoms with Crippen molar-refractivity contribution in [3.8, 4) is 0 Å². The van der Waals surface area contributed by atoms with Crippen molar-refractivity contribution in [2.75, 3.05) is 11.9 Å². The zero-order valence-corrected chi connectivity index (χ0v) is 8.45. The first-order chi connectivity index (χ1) is 7.43. The van der Waals surface area contributed by atoms with Crippen LogP contribution in [0.3, 0.4) is 0 Å². The van der Waals surface area contributed by atoms with Gasteiger partial charge in [0, 0.05) is 7.05 Å². The Labute approximate surface area is 90.0 Å². The van der Waals surface area contributed by atoms with E-state index in [1.807, 2.05) is 0 Å². The van der Waals surface area contributed by atoms with Gasteiger partial charge in [0.2, 0.25) is 18.1 Å². The monoisotopic (exact) mass is 229 g/mol. The van der Waals surface area contributed by atoms with E-state index >= 15 is 0 Å². The van der Waals surface area contributed by atoms with Gasteiger partial charge in [-0.25, -0.2) is 0 Å². The first kappa shape index (κ1) is 11.9. The second-order valence-electron chi connectivity index (χ2n) is 3.08. The minimum atomic E-state index is -1.41.